The van der Waals surface area contributed by atoms with Crippen LogP contribution in [0.25, 0.3) is 10.6 Å². The maximum atomic E-state index is 12.5. The maximum Gasteiger partial charge on any atom is 0.281 e. The first-order valence-electron chi connectivity index (χ1n) is 8.84. The van der Waals surface area contributed by atoms with Crippen molar-refractivity contribution in [1.29, 1.82) is 0 Å². The lowest BCUT2D eigenvalue weighted by Gasteiger charge is -2.11. The van der Waals surface area contributed by atoms with Gasteiger partial charge in [0.2, 0.25) is 5.91 Å². The minimum absolute atomic E-state index is 0.0460. The van der Waals surface area contributed by atoms with Gasteiger partial charge < -0.3 is 9.47 Å². The Hall–Kier alpha value is -3.39. The van der Waals surface area contributed by atoms with Gasteiger partial charge in [0.05, 0.1) is 26.3 Å². The van der Waals surface area contributed by atoms with Gasteiger partial charge in [0, 0.05) is 17.2 Å². The quantitative estimate of drug-likeness (QED) is 0.609. The Morgan fingerprint density at radius 1 is 1.03 bits per heavy atom. The molecule has 0 aliphatic rings. The molecule has 0 fully saturated rings. The molecule has 7 nitrogen and oxygen atoms in total. The van der Waals surface area contributed by atoms with Crippen molar-refractivity contribution in [2.45, 2.75) is 13.3 Å². The molecular weight excluding hydrogens is 390 g/mol. The highest BCUT2D eigenvalue weighted by atomic mass is 32.1. The van der Waals surface area contributed by atoms with Crippen LogP contribution in [0.3, 0.4) is 0 Å². The molecule has 0 aliphatic carbocycles. The monoisotopic (exact) mass is 411 g/mol. The number of nitrogens with one attached hydrogen (secondary N) is 2. The SMILES string of the molecule is COc1ccc(CC(=O)NNC(=O)c2sc(-c3ccccc3)nc2C)c(OC)c1. The van der Waals surface area contributed by atoms with Crippen molar-refractivity contribution in [2.75, 3.05) is 14.2 Å². The highest BCUT2D eigenvalue weighted by Gasteiger charge is 2.17. The summed E-state index contributed by atoms with van der Waals surface area (Å²) in [5.74, 6) is 0.398. The summed E-state index contributed by atoms with van der Waals surface area (Å²) in [7, 11) is 3.08. The van der Waals surface area contributed by atoms with Gasteiger partial charge in [-0.15, -0.1) is 11.3 Å². The third kappa shape index (κ3) is 4.91. The van der Waals surface area contributed by atoms with E-state index in [-0.39, 0.29) is 12.3 Å². The predicted molar refractivity (Wildman–Crippen MR) is 111 cm³/mol. The summed E-state index contributed by atoms with van der Waals surface area (Å²) in [6, 6.07) is 14.8. The van der Waals surface area contributed by atoms with Crippen LogP contribution < -0.4 is 20.3 Å². The molecule has 0 bridgehead atoms. The summed E-state index contributed by atoms with van der Waals surface area (Å²) in [6.07, 6.45) is 0.0460. The van der Waals surface area contributed by atoms with E-state index < -0.39 is 5.91 Å². The van der Waals surface area contributed by atoms with Crippen molar-refractivity contribution in [2.24, 2.45) is 0 Å². The number of aromatic nitrogens is 1. The molecule has 1 aromatic heterocycles. The zero-order chi connectivity index (χ0) is 20.8. The molecule has 0 radical (unpaired) electrons. The van der Waals surface area contributed by atoms with Crippen LogP contribution in [0.4, 0.5) is 0 Å². The molecule has 1 heterocycles. The molecule has 2 aromatic carbocycles. The first-order valence-corrected chi connectivity index (χ1v) is 9.66. The first-order chi connectivity index (χ1) is 14.0. The summed E-state index contributed by atoms with van der Waals surface area (Å²) < 4.78 is 10.4. The van der Waals surface area contributed by atoms with Gasteiger partial charge in [0.15, 0.2) is 0 Å². The lowest BCUT2D eigenvalue weighted by atomic mass is 10.1. The Kier molecular flexibility index (Phi) is 6.46. The molecule has 3 aromatic rings. The summed E-state index contributed by atoms with van der Waals surface area (Å²) in [4.78, 5) is 29.6. The third-order valence-corrected chi connectivity index (χ3v) is 5.39. The van der Waals surface area contributed by atoms with E-state index >= 15 is 0 Å². The van der Waals surface area contributed by atoms with E-state index in [1.54, 1.807) is 32.2 Å². The van der Waals surface area contributed by atoms with Crippen LogP contribution in [0.2, 0.25) is 0 Å². The smallest absolute Gasteiger partial charge is 0.281 e. The maximum absolute atomic E-state index is 12.5. The number of thiazole rings is 1. The molecule has 0 unspecified atom stereocenters. The number of benzene rings is 2. The second-order valence-corrected chi connectivity index (χ2v) is 7.16. The number of aryl methyl sites for hydroxylation is 1. The van der Waals surface area contributed by atoms with Crippen molar-refractivity contribution in [3.63, 3.8) is 0 Å². The van der Waals surface area contributed by atoms with Crippen molar-refractivity contribution < 1.29 is 19.1 Å². The van der Waals surface area contributed by atoms with Crippen LogP contribution >= 0.6 is 11.3 Å². The summed E-state index contributed by atoms with van der Waals surface area (Å²) in [6.45, 7) is 1.77. The molecule has 0 atom stereocenters. The van der Waals surface area contributed by atoms with E-state index in [0.29, 0.717) is 27.6 Å². The number of hydrogen-bond acceptors (Lipinski definition) is 6. The number of amides is 2. The van der Waals surface area contributed by atoms with E-state index in [1.165, 1.54) is 18.4 Å². The number of hydrogen-bond donors (Lipinski definition) is 2. The van der Waals surface area contributed by atoms with Gasteiger partial charge >= 0.3 is 0 Å². The average Bonchev–Trinajstić information content (AvgIpc) is 3.14. The molecule has 2 amide bonds. The van der Waals surface area contributed by atoms with Gasteiger partial charge in [-0.2, -0.15) is 0 Å². The number of rotatable bonds is 6. The van der Waals surface area contributed by atoms with Crippen LogP contribution in [-0.4, -0.2) is 31.0 Å². The van der Waals surface area contributed by atoms with Crippen LogP contribution in [0.1, 0.15) is 20.9 Å². The molecule has 0 saturated carbocycles. The Morgan fingerprint density at radius 3 is 2.48 bits per heavy atom. The highest BCUT2D eigenvalue weighted by Crippen LogP contribution is 2.27. The number of nitrogens with zero attached hydrogens (tertiary/aromatic N) is 1. The average molecular weight is 411 g/mol. The second-order valence-electron chi connectivity index (χ2n) is 6.16. The van der Waals surface area contributed by atoms with Gasteiger partial charge in [0.1, 0.15) is 21.4 Å². The molecule has 3 rings (SSSR count). The zero-order valence-electron chi connectivity index (χ0n) is 16.3. The largest absolute Gasteiger partial charge is 0.497 e. The predicted octanol–water partition coefficient (Wildman–Crippen LogP) is 3.14. The molecule has 29 heavy (non-hydrogen) atoms. The normalized spacial score (nSPS) is 10.3. The van der Waals surface area contributed by atoms with Gasteiger partial charge in [0.25, 0.3) is 5.91 Å². The number of methoxy groups -OCH3 is 2. The summed E-state index contributed by atoms with van der Waals surface area (Å²) in [5, 5.41) is 0.752. The fraction of sp³-hybridized carbons (Fsp3) is 0.190. The lowest BCUT2D eigenvalue weighted by molar-refractivity contribution is -0.121. The zero-order valence-corrected chi connectivity index (χ0v) is 17.1. The first kappa shape index (κ1) is 20.3. The Morgan fingerprint density at radius 2 is 1.79 bits per heavy atom. The van der Waals surface area contributed by atoms with E-state index in [9.17, 15) is 9.59 Å². The van der Waals surface area contributed by atoms with E-state index in [4.69, 9.17) is 9.47 Å². The number of hydrazine groups is 1. The lowest BCUT2D eigenvalue weighted by Crippen LogP contribution is -2.42. The molecule has 150 valence electrons. The Balaban J connectivity index is 1.62. The van der Waals surface area contributed by atoms with Crippen LogP contribution in [-0.2, 0) is 11.2 Å². The standard InChI is InChI=1S/C21H21N3O4S/c1-13-19(29-21(22-13)14-7-5-4-6-8-14)20(26)24-23-18(25)11-15-9-10-16(27-2)12-17(15)28-3/h4-10,12H,11H2,1-3H3,(H,23,25)(H,24,26). The van der Waals surface area contributed by atoms with E-state index in [2.05, 4.69) is 15.8 Å². The minimum atomic E-state index is -0.405. The van der Waals surface area contributed by atoms with E-state index in [1.807, 2.05) is 30.3 Å². The summed E-state index contributed by atoms with van der Waals surface area (Å²) >= 11 is 1.28. The molecule has 0 saturated heterocycles. The number of ether oxygens (including phenoxy) is 2. The number of carbonyl (C=O) groups excluding carboxylic acids is 2. The van der Waals surface area contributed by atoms with Crippen molar-refractivity contribution in [3.05, 3.63) is 64.7 Å². The molecule has 2 N–H and O–H groups in total. The van der Waals surface area contributed by atoms with Crippen LogP contribution in [0.5, 0.6) is 11.5 Å². The fourth-order valence-corrected chi connectivity index (χ4v) is 3.68. The molecule has 0 spiro atoms. The molecule has 0 aliphatic heterocycles. The van der Waals surface area contributed by atoms with Crippen molar-refractivity contribution in [1.82, 2.24) is 15.8 Å². The Labute approximate surface area is 172 Å². The molecular formula is C21H21N3O4S. The topological polar surface area (TPSA) is 89.6 Å². The van der Waals surface area contributed by atoms with E-state index in [0.717, 1.165) is 10.6 Å². The van der Waals surface area contributed by atoms with Gasteiger partial charge in [-0.3, -0.25) is 20.4 Å². The van der Waals surface area contributed by atoms with Gasteiger partial charge in [-0.1, -0.05) is 36.4 Å². The second kappa shape index (κ2) is 9.20. The number of carbonyl (C=O) groups is 2. The Bertz CT molecular complexity index is 1020. The summed E-state index contributed by atoms with van der Waals surface area (Å²) in [5.41, 5.74) is 7.12. The highest BCUT2D eigenvalue weighted by molar-refractivity contribution is 7.17. The molecule has 8 heteroatoms. The minimum Gasteiger partial charge on any atom is -0.497 e. The van der Waals surface area contributed by atoms with Gasteiger partial charge in [-0.25, -0.2) is 4.98 Å². The van der Waals surface area contributed by atoms with Crippen molar-refractivity contribution >= 4 is 23.2 Å². The fourth-order valence-electron chi connectivity index (χ4n) is 2.71. The van der Waals surface area contributed by atoms with Gasteiger partial charge in [-0.05, 0) is 13.0 Å². The van der Waals surface area contributed by atoms with Crippen LogP contribution in [0, 0.1) is 6.92 Å². The van der Waals surface area contributed by atoms with Crippen molar-refractivity contribution in [3.8, 4) is 22.1 Å². The third-order valence-electron chi connectivity index (χ3n) is 4.18. The van der Waals surface area contributed by atoms with Crippen LogP contribution in [0.15, 0.2) is 48.5 Å².